The molecular formula is C17H17FN2O. The lowest BCUT2D eigenvalue weighted by Crippen LogP contribution is -2.43. The van der Waals surface area contributed by atoms with E-state index < -0.39 is 5.82 Å². The lowest BCUT2D eigenvalue weighted by atomic mass is 9.99. The van der Waals surface area contributed by atoms with Crippen LogP contribution in [0.4, 0.5) is 10.1 Å². The van der Waals surface area contributed by atoms with Crippen LogP contribution in [0.5, 0.6) is 0 Å². The van der Waals surface area contributed by atoms with Gasteiger partial charge in [-0.3, -0.25) is 4.79 Å². The van der Waals surface area contributed by atoms with Crippen LogP contribution in [0.25, 0.3) is 0 Å². The average molecular weight is 284 g/mol. The van der Waals surface area contributed by atoms with Gasteiger partial charge in [-0.05, 0) is 36.6 Å². The predicted molar refractivity (Wildman–Crippen MR) is 81.0 cm³/mol. The number of benzene rings is 2. The lowest BCUT2D eigenvalue weighted by Gasteiger charge is -2.27. The molecule has 0 spiro atoms. The van der Waals surface area contributed by atoms with Crippen molar-refractivity contribution in [2.24, 2.45) is 0 Å². The van der Waals surface area contributed by atoms with Crippen molar-refractivity contribution in [2.45, 2.75) is 19.4 Å². The average Bonchev–Trinajstić information content (AvgIpc) is 2.50. The molecule has 21 heavy (non-hydrogen) atoms. The highest BCUT2D eigenvalue weighted by molar-refractivity contribution is 5.95. The second-order valence-corrected chi connectivity index (χ2v) is 5.35. The van der Waals surface area contributed by atoms with Gasteiger partial charge >= 0.3 is 0 Å². The number of anilines is 1. The molecule has 0 fully saturated rings. The topological polar surface area (TPSA) is 41.1 Å². The van der Waals surface area contributed by atoms with Crippen molar-refractivity contribution in [3.05, 3.63) is 65.0 Å². The third kappa shape index (κ3) is 2.75. The number of aryl methyl sites for hydroxylation is 1. The Morgan fingerprint density at radius 1 is 1.24 bits per heavy atom. The summed E-state index contributed by atoms with van der Waals surface area (Å²) in [6.45, 7) is 2.31. The zero-order valence-corrected chi connectivity index (χ0v) is 11.8. The Hall–Kier alpha value is -2.36. The van der Waals surface area contributed by atoms with Gasteiger partial charge in [-0.1, -0.05) is 30.3 Å². The number of carbonyl (C=O) groups is 1. The van der Waals surface area contributed by atoms with Crippen molar-refractivity contribution in [1.29, 1.82) is 0 Å². The Labute approximate surface area is 123 Å². The number of hydrogen-bond donors (Lipinski definition) is 2. The van der Waals surface area contributed by atoms with Crippen LogP contribution in [0.2, 0.25) is 0 Å². The fourth-order valence-corrected chi connectivity index (χ4v) is 2.63. The molecule has 2 aromatic carbocycles. The van der Waals surface area contributed by atoms with E-state index in [1.165, 1.54) is 11.6 Å². The van der Waals surface area contributed by atoms with E-state index in [-0.39, 0.29) is 17.5 Å². The van der Waals surface area contributed by atoms with E-state index in [2.05, 4.69) is 10.6 Å². The van der Waals surface area contributed by atoms with Crippen molar-refractivity contribution in [3.8, 4) is 0 Å². The molecule has 3 nitrogen and oxygen atoms in total. The Morgan fingerprint density at radius 2 is 2.05 bits per heavy atom. The maximum absolute atomic E-state index is 14.0. The van der Waals surface area contributed by atoms with Crippen LogP contribution in [0.15, 0.2) is 42.5 Å². The first kappa shape index (κ1) is 13.6. The maximum Gasteiger partial charge on any atom is 0.254 e. The summed E-state index contributed by atoms with van der Waals surface area (Å²) in [6, 6.07) is 12.8. The molecule has 0 radical (unpaired) electrons. The molecule has 1 amide bonds. The number of nitrogens with one attached hydrogen (secondary N) is 2. The van der Waals surface area contributed by atoms with E-state index >= 15 is 0 Å². The van der Waals surface area contributed by atoms with Gasteiger partial charge in [0.05, 0.1) is 11.6 Å². The number of carbonyl (C=O) groups excluding carboxylic acids is 1. The second-order valence-electron chi connectivity index (χ2n) is 5.35. The number of amides is 1. The molecule has 0 aromatic heterocycles. The van der Waals surface area contributed by atoms with Crippen molar-refractivity contribution in [2.75, 3.05) is 11.9 Å². The third-order valence-electron chi connectivity index (χ3n) is 3.79. The minimum absolute atomic E-state index is 0.0349. The number of para-hydroxylation sites is 1. The van der Waals surface area contributed by atoms with Crippen molar-refractivity contribution < 1.29 is 9.18 Å². The molecule has 0 saturated heterocycles. The number of fused-ring (bicyclic) bond motifs is 1. The Kier molecular flexibility index (Phi) is 3.60. The quantitative estimate of drug-likeness (QED) is 0.890. The van der Waals surface area contributed by atoms with Crippen LogP contribution in [0.1, 0.15) is 21.5 Å². The highest BCUT2D eigenvalue weighted by Crippen LogP contribution is 2.21. The predicted octanol–water partition coefficient (Wildman–Crippen LogP) is 2.90. The zero-order chi connectivity index (χ0) is 14.8. The van der Waals surface area contributed by atoms with Crippen LogP contribution in [0.3, 0.4) is 0 Å². The maximum atomic E-state index is 14.0. The van der Waals surface area contributed by atoms with Gasteiger partial charge in [0, 0.05) is 12.2 Å². The van der Waals surface area contributed by atoms with E-state index in [1.54, 1.807) is 19.1 Å². The summed E-state index contributed by atoms with van der Waals surface area (Å²) in [5, 5.41) is 6.19. The SMILES string of the molecule is Cc1cccc(C(=O)NC2CNc3ccccc3C2)c1F. The van der Waals surface area contributed by atoms with Crippen molar-refractivity contribution in [1.82, 2.24) is 5.32 Å². The van der Waals surface area contributed by atoms with E-state index in [4.69, 9.17) is 0 Å². The molecule has 2 N–H and O–H groups in total. The normalized spacial score (nSPS) is 16.8. The molecule has 1 aliphatic heterocycles. The summed E-state index contributed by atoms with van der Waals surface area (Å²) < 4.78 is 14.0. The molecule has 0 saturated carbocycles. The highest BCUT2D eigenvalue weighted by atomic mass is 19.1. The Bertz CT molecular complexity index is 684. The molecule has 0 aliphatic carbocycles. The minimum atomic E-state index is -0.445. The van der Waals surface area contributed by atoms with Gasteiger partial charge in [-0.2, -0.15) is 0 Å². The summed E-state index contributed by atoms with van der Waals surface area (Å²) in [5.74, 6) is -0.804. The monoisotopic (exact) mass is 284 g/mol. The first-order valence-corrected chi connectivity index (χ1v) is 7.03. The van der Waals surface area contributed by atoms with Crippen LogP contribution < -0.4 is 10.6 Å². The summed E-state index contributed by atoms with van der Waals surface area (Å²) in [4.78, 5) is 12.2. The Balaban J connectivity index is 1.73. The van der Waals surface area contributed by atoms with Gasteiger partial charge in [0.1, 0.15) is 5.82 Å². The summed E-state index contributed by atoms with van der Waals surface area (Å²) in [6.07, 6.45) is 0.752. The van der Waals surface area contributed by atoms with E-state index in [1.807, 2.05) is 24.3 Å². The molecule has 108 valence electrons. The van der Waals surface area contributed by atoms with E-state index in [0.717, 1.165) is 12.1 Å². The number of hydrogen-bond acceptors (Lipinski definition) is 2. The van der Waals surface area contributed by atoms with E-state index in [0.29, 0.717) is 12.1 Å². The molecule has 3 rings (SSSR count). The molecule has 0 bridgehead atoms. The molecule has 1 unspecified atom stereocenters. The summed E-state index contributed by atoms with van der Waals surface area (Å²) in [7, 11) is 0. The van der Waals surface area contributed by atoms with Gasteiger partial charge in [0.25, 0.3) is 5.91 Å². The highest BCUT2D eigenvalue weighted by Gasteiger charge is 2.21. The Morgan fingerprint density at radius 3 is 2.90 bits per heavy atom. The fourth-order valence-electron chi connectivity index (χ4n) is 2.63. The van der Waals surface area contributed by atoms with Crippen molar-refractivity contribution in [3.63, 3.8) is 0 Å². The third-order valence-corrected chi connectivity index (χ3v) is 3.79. The second kappa shape index (κ2) is 5.56. The fraction of sp³-hybridized carbons (Fsp3) is 0.235. The number of rotatable bonds is 2. The largest absolute Gasteiger partial charge is 0.383 e. The van der Waals surface area contributed by atoms with Gasteiger partial charge in [-0.15, -0.1) is 0 Å². The van der Waals surface area contributed by atoms with Crippen LogP contribution in [-0.4, -0.2) is 18.5 Å². The van der Waals surface area contributed by atoms with Gasteiger partial charge in [0.15, 0.2) is 0 Å². The molecule has 1 atom stereocenters. The minimum Gasteiger partial charge on any atom is -0.383 e. The van der Waals surface area contributed by atoms with Gasteiger partial charge in [-0.25, -0.2) is 4.39 Å². The smallest absolute Gasteiger partial charge is 0.254 e. The summed E-state index contributed by atoms with van der Waals surface area (Å²) >= 11 is 0. The molecular weight excluding hydrogens is 267 g/mol. The first-order chi connectivity index (χ1) is 10.1. The first-order valence-electron chi connectivity index (χ1n) is 7.03. The van der Waals surface area contributed by atoms with Gasteiger partial charge in [0.2, 0.25) is 0 Å². The molecule has 1 aliphatic rings. The van der Waals surface area contributed by atoms with Crippen molar-refractivity contribution >= 4 is 11.6 Å². The van der Waals surface area contributed by atoms with Crippen LogP contribution in [-0.2, 0) is 6.42 Å². The molecule has 4 heteroatoms. The van der Waals surface area contributed by atoms with Crippen LogP contribution in [0, 0.1) is 12.7 Å². The van der Waals surface area contributed by atoms with Crippen LogP contribution >= 0.6 is 0 Å². The zero-order valence-electron chi connectivity index (χ0n) is 11.8. The van der Waals surface area contributed by atoms with E-state index in [9.17, 15) is 9.18 Å². The molecule has 1 heterocycles. The lowest BCUT2D eigenvalue weighted by molar-refractivity contribution is 0.0934. The molecule has 2 aromatic rings. The standard InChI is InChI=1S/C17H17FN2O/c1-11-5-4-7-14(16(11)18)17(21)20-13-9-12-6-2-3-8-15(12)19-10-13/h2-8,13,19H,9-10H2,1H3,(H,20,21). The summed E-state index contributed by atoms with van der Waals surface area (Å²) in [5.41, 5.74) is 2.85. The van der Waals surface area contributed by atoms with Gasteiger partial charge < -0.3 is 10.6 Å². The number of halogens is 1.